The Morgan fingerprint density at radius 1 is 1.12 bits per heavy atom. The fourth-order valence-corrected chi connectivity index (χ4v) is 4.63. The highest BCUT2D eigenvalue weighted by molar-refractivity contribution is 6.34. The van der Waals surface area contributed by atoms with Crippen molar-refractivity contribution in [3.05, 3.63) is 77.5 Å². The standard InChI is InChI=1S/C27H26FN3O3/c1-30(2)21-8-10-31(11-9-21)27(33)18-5-3-4-17(12-18)19-13-22(34-16-19)15-24-23-14-20(28)6-7-25(23)29-26(24)32/h3-7,12-16,21H,8-11H2,1-2H3,(H,29,32). The molecule has 0 aliphatic carbocycles. The first-order chi connectivity index (χ1) is 16.4. The van der Waals surface area contributed by atoms with E-state index >= 15 is 0 Å². The van der Waals surface area contributed by atoms with E-state index in [0.29, 0.717) is 34.2 Å². The third kappa shape index (κ3) is 4.26. The number of furan rings is 1. The van der Waals surface area contributed by atoms with Gasteiger partial charge < -0.3 is 19.5 Å². The van der Waals surface area contributed by atoms with Crippen LogP contribution in [0.4, 0.5) is 10.1 Å². The van der Waals surface area contributed by atoms with E-state index in [1.807, 2.05) is 35.2 Å². The molecule has 0 atom stereocenters. The van der Waals surface area contributed by atoms with Crippen molar-refractivity contribution in [2.75, 3.05) is 32.5 Å². The van der Waals surface area contributed by atoms with Gasteiger partial charge in [0.15, 0.2) is 0 Å². The molecule has 7 heteroatoms. The van der Waals surface area contributed by atoms with E-state index in [2.05, 4.69) is 24.3 Å². The van der Waals surface area contributed by atoms with Gasteiger partial charge in [0.05, 0.1) is 11.8 Å². The molecule has 2 aliphatic rings. The number of fused-ring (bicyclic) bond motifs is 1. The smallest absolute Gasteiger partial charge is 0.256 e. The molecule has 5 rings (SSSR count). The summed E-state index contributed by atoms with van der Waals surface area (Å²) in [5, 5.41) is 2.73. The van der Waals surface area contributed by atoms with E-state index in [1.165, 1.54) is 12.1 Å². The lowest BCUT2D eigenvalue weighted by molar-refractivity contribution is -0.110. The first-order valence-electron chi connectivity index (χ1n) is 11.4. The van der Waals surface area contributed by atoms with Crippen LogP contribution in [0.1, 0.15) is 34.5 Å². The Morgan fingerprint density at radius 3 is 2.68 bits per heavy atom. The number of nitrogens with one attached hydrogen (secondary N) is 1. The molecule has 3 heterocycles. The molecular weight excluding hydrogens is 433 g/mol. The summed E-state index contributed by atoms with van der Waals surface area (Å²) < 4.78 is 19.4. The Bertz CT molecular complexity index is 1290. The molecule has 0 bridgehead atoms. The van der Waals surface area contributed by atoms with Gasteiger partial charge in [0.1, 0.15) is 11.6 Å². The van der Waals surface area contributed by atoms with Gasteiger partial charge in [-0.2, -0.15) is 0 Å². The molecule has 6 nitrogen and oxygen atoms in total. The van der Waals surface area contributed by atoms with Crippen molar-refractivity contribution in [3.8, 4) is 11.1 Å². The van der Waals surface area contributed by atoms with Crippen LogP contribution in [-0.4, -0.2) is 54.8 Å². The highest BCUT2D eigenvalue weighted by Crippen LogP contribution is 2.34. The molecule has 0 saturated carbocycles. The average Bonchev–Trinajstić information content (AvgIpc) is 3.43. The van der Waals surface area contributed by atoms with Gasteiger partial charge >= 0.3 is 0 Å². The maximum Gasteiger partial charge on any atom is 0.256 e. The Kier molecular flexibility index (Phi) is 5.79. The molecule has 0 unspecified atom stereocenters. The molecule has 2 amide bonds. The lowest BCUT2D eigenvalue weighted by atomic mass is 10.0. The largest absolute Gasteiger partial charge is 0.464 e. The van der Waals surface area contributed by atoms with Crippen LogP contribution in [-0.2, 0) is 4.79 Å². The van der Waals surface area contributed by atoms with Gasteiger partial charge in [-0.25, -0.2) is 4.39 Å². The fraction of sp³-hybridized carbons (Fsp3) is 0.259. The van der Waals surface area contributed by atoms with E-state index < -0.39 is 5.82 Å². The van der Waals surface area contributed by atoms with Crippen molar-refractivity contribution in [2.24, 2.45) is 0 Å². The van der Waals surface area contributed by atoms with Gasteiger partial charge in [-0.15, -0.1) is 0 Å². The lowest BCUT2D eigenvalue weighted by Gasteiger charge is -2.35. The van der Waals surface area contributed by atoms with Crippen molar-refractivity contribution >= 4 is 29.2 Å². The second-order valence-electron chi connectivity index (χ2n) is 9.01. The van der Waals surface area contributed by atoms with Gasteiger partial charge in [-0.1, -0.05) is 12.1 Å². The minimum absolute atomic E-state index is 0.0335. The maximum absolute atomic E-state index is 13.7. The van der Waals surface area contributed by atoms with E-state index in [9.17, 15) is 14.0 Å². The highest BCUT2D eigenvalue weighted by atomic mass is 19.1. The average molecular weight is 460 g/mol. The second-order valence-corrected chi connectivity index (χ2v) is 9.01. The van der Waals surface area contributed by atoms with Crippen molar-refractivity contribution in [1.82, 2.24) is 9.80 Å². The molecule has 2 aromatic carbocycles. The summed E-state index contributed by atoms with van der Waals surface area (Å²) in [7, 11) is 4.16. The number of benzene rings is 2. The van der Waals surface area contributed by atoms with Gasteiger partial charge in [0.25, 0.3) is 11.8 Å². The number of likely N-dealkylation sites (tertiary alicyclic amines) is 1. The molecule has 0 radical (unpaired) electrons. The zero-order chi connectivity index (χ0) is 23.8. The maximum atomic E-state index is 13.7. The van der Waals surface area contributed by atoms with Crippen LogP contribution in [0, 0.1) is 5.82 Å². The third-order valence-electron chi connectivity index (χ3n) is 6.60. The number of nitrogens with zero attached hydrogens (tertiary/aromatic N) is 2. The van der Waals surface area contributed by atoms with E-state index in [0.717, 1.165) is 37.1 Å². The summed E-state index contributed by atoms with van der Waals surface area (Å²) in [4.78, 5) is 29.6. The van der Waals surface area contributed by atoms with Crippen LogP contribution in [0.2, 0.25) is 0 Å². The summed E-state index contributed by atoms with van der Waals surface area (Å²) in [6, 6.07) is 14.0. The number of carbonyl (C=O) groups is 2. The van der Waals surface area contributed by atoms with Crippen LogP contribution < -0.4 is 5.32 Å². The minimum Gasteiger partial charge on any atom is -0.464 e. The fourth-order valence-electron chi connectivity index (χ4n) is 4.63. The number of hydrogen-bond donors (Lipinski definition) is 1. The molecule has 1 saturated heterocycles. The SMILES string of the molecule is CN(C)C1CCN(C(=O)c2cccc(-c3coc(C=C4C(=O)Nc5ccc(F)cc54)c3)c2)CC1. The number of anilines is 1. The topological polar surface area (TPSA) is 65.8 Å². The first kappa shape index (κ1) is 22.1. The van der Waals surface area contributed by atoms with Gasteiger partial charge in [0, 0.05) is 41.5 Å². The van der Waals surface area contributed by atoms with E-state index in [1.54, 1.807) is 18.4 Å². The molecule has 2 aliphatic heterocycles. The lowest BCUT2D eigenvalue weighted by Crippen LogP contribution is -2.44. The molecule has 1 aromatic heterocycles. The Labute approximate surface area is 197 Å². The molecule has 1 N–H and O–H groups in total. The van der Waals surface area contributed by atoms with Crippen LogP contribution in [0.15, 0.2) is 59.2 Å². The zero-order valence-corrected chi connectivity index (χ0v) is 19.2. The van der Waals surface area contributed by atoms with Crippen molar-refractivity contribution in [2.45, 2.75) is 18.9 Å². The zero-order valence-electron chi connectivity index (χ0n) is 19.2. The summed E-state index contributed by atoms with van der Waals surface area (Å²) in [5.41, 5.74) is 3.72. The van der Waals surface area contributed by atoms with Gasteiger partial charge in [-0.05, 0) is 75.0 Å². The van der Waals surface area contributed by atoms with Crippen LogP contribution in [0.25, 0.3) is 22.8 Å². The molecule has 3 aromatic rings. The second kappa shape index (κ2) is 8.91. The van der Waals surface area contributed by atoms with Crippen LogP contribution in [0.3, 0.4) is 0 Å². The predicted molar refractivity (Wildman–Crippen MR) is 130 cm³/mol. The molecule has 34 heavy (non-hydrogen) atoms. The highest BCUT2D eigenvalue weighted by Gasteiger charge is 2.26. The number of hydrogen-bond acceptors (Lipinski definition) is 4. The van der Waals surface area contributed by atoms with Gasteiger partial charge in [-0.3, -0.25) is 9.59 Å². The summed E-state index contributed by atoms with van der Waals surface area (Å²) in [6.45, 7) is 1.50. The number of piperidine rings is 1. The normalized spacial score (nSPS) is 17.4. The van der Waals surface area contributed by atoms with Crippen LogP contribution >= 0.6 is 0 Å². The molecule has 174 valence electrons. The van der Waals surface area contributed by atoms with Gasteiger partial charge in [0.2, 0.25) is 0 Å². The van der Waals surface area contributed by atoms with Crippen molar-refractivity contribution in [3.63, 3.8) is 0 Å². The Balaban J connectivity index is 1.35. The number of halogens is 1. The van der Waals surface area contributed by atoms with E-state index in [4.69, 9.17) is 4.42 Å². The molecule has 0 spiro atoms. The van der Waals surface area contributed by atoms with Crippen molar-refractivity contribution in [1.29, 1.82) is 0 Å². The summed E-state index contributed by atoms with van der Waals surface area (Å²) >= 11 is 0. The predicted octanol–water partition coefficient (Wildman–Crippen LogP) is 4.74. The number of carbonyl (C=O) groups excluding carboxylic acids is 2. The minimum atomic E-state index is -0.409. The third-order valence-corrected chi connectivity index (χ3v) is 6.60. The number of amides is 2. The Morgan fingerprint density at radius 2 is 1.91 bits per heavy atom. The van der Waals surface area contributed by atoms with E-state index in [-0.39, 0.29) is 11.8 Å². The van der Waals surface area contributed by atoms with Crippen LogP contribution in [0.5, 0.6) is 0 Å². The Hall–Kier alpha value is -3.71. The first-order valence-corrected chi connectivity index (χ1v) is 11.4. The summed E-state index contributed by atoms with van der Waals surface area (Å²) in [6.07, 6.45) is 5.14. The monoisotopic (exact) mass is 459 g/mol. The molecule has 1 fully saturated rings. The quantitative estimate of drug-likeness (QED) is 0.572. The summed E-state index contributed by atoms with van der Waals surface area (Å²) in [5.74, 6) is -0.205. The van der Waals surface area contributed by atoms with Crippen molar-refractivity contribution < 1.29 is 18.4 Å². The number of rotatable bonds is 4. The molecular formula is C27H26FN3O3.